The first-order valence-electron chi connectivity index (χ1n) is 6.08. The van der Waals surface area contributed by atoms with Crippen LogP contribution < -0.4 is 5.32 Å². The van der Waals surface area contributed by atoms with Crippen LogP contribution in [-0.4, -0.2) is 64.8 Å². The summed E-state index contributed by atoms with van der Waals surface area (Å²) in [5, 5.41) is 2.77. The highest BCUT2D eigenvalue weighted by atomic mass is 32.2. The van der Waals surface area contributed by atoms with Crippen LogP contribution in [0.4, 0.5) is 4.79 Å². The zero-order valence-electron chi connectivity index (χ0n) is 10.3. The van der Waals surface area contributed by atoms with Crippen molar-refractivity contribution in [3.63, 3.8) is 0 Å². The Labute approximate surface area is 110 Å². The number of nitrogens with one attached hydrogen (secondary N) is 1. The van der Waals surface area contributed by atoms with Crippen LogP contribution in [0, 0.1) is 0 Å². The largest absolute Gasteiger partial charge is 0.353 e. The first kappa shape index (κ1) is 13.2. The molecule has 2 saturated heterocycles. The molecule has 0 aromatic heterocycles. The molecule has 2 fully saturated rings. The predicted molar refractivity (Wildman–Crippen MR) is 68.2 cm³/mol. The molecular weight excluding hydrogens is 254 g/mol. The summed E-state index contributed by atoms with van der Waals surface area (Å²) in [6.45, 7) is 3.95. The molecule has 3 amide bonds. The average molecular weight is 271 g/mol. The van der Waals surface area contributed by atoms with Crippen molar-refractivity contribution in [3.05, 3.63) is 0 Å². The fraction of sp³-hybridized carbons (Fsp3) is 0.727. The molecule has 0 spiro atoms. The summed E-state index contributed by atoms with van der Waals surface area (Å²) in [4.78, 5) is 38.1. The Balaban J connectivity index is 1.83. The molecule has 0 bridgehead atoms. The maximum Gasteiger partial charge on any atom is 0.281 e. The van der Waals surface area contributed by atoms with Crippen LogP contribution in [0.15, 0.2) is 0 Å². The van der Waals surface area contributed by atoms with Gasteiger partial charge >= 0.3 is 0 Å². The van der Waals surface area contributed by atoms with Crippen molar-refractivity contribution in [3.8, 4) is 0 Å². The van der Waals surface area contributed by atoms with Crippen LogP contribution in [0.25, 0.3) is 0 Å². The Kier molecular flexibility index (Phi) is 4.11. The minimum absolute atomic E-state index is 0.0484. The van der Waals surface area contributed by atoms with E-state index >= 15 is 0 Å². The number of carbonyl (C=O) groups excluding carboxylic acids is 3. The second-order valence-corrected chi connectivity index (χ2v) is 5.45. The lowest BCUT2D eigenvalue weighted by Crippen LogP contribution is -2.56. The average Bonchev–Trinajstić information content (AvgIpc) is 2.75. The van der Waals surface area contributed by atoms with E-state index in [1.54, 1.807) is 16.7 Å². The molecule has 1 N–H and O–H groups in total. The molecule has 2 heterocycles. The van der Waals surface area contributed by atoms with Gasteiger partial charge in [-0.1, -0.05) is 11.8 Å². The fourth-order valence-corrected chi connectivity index (χ4v) is 2.98. The molecule has 0 aromatic carbocycles. The molecule has 0 saturated carbocycles. The highest BCUT2D eigenvalue weighted by Gasteiger charge is 2.30. The van der Waals surface area contributed by atoms with Gasteiger partial charge in [0.05, 0.1) is 0 Å². The van der Waals surface area contributed by atoms with E-state index in [0.717, 1.165) is 5.75 Å². The first-order valence-corrected chi connectivity index (χ1v) is 7.07. The Morgan fingerprint density at radius 3 is 2.89 bits per heavy atom. The number of rotatable bonds is 3. The molecule has 100 valence electrons. The highest BCUT2D eigenvalue weighted by Crippen LogP contribution is 2.17. The Morgan fingerprint density at radius 1 is 1.44 bits per heavy atom. The summed E-state index contributed by atoms with van der Waals surface area (Å²) in [7, 11) is 0. The van der Waals surface area contributed by atoms with Gasteiger partial charge in [0.1, 0.15) is 6.04 Å². The normalized spacial score (nSPS) is 24.4. The van der Waals surface area contributed by atoms with Crippen molar-refractivity contribution in [2.45, 2.75) is 19.4 Å². The topological polar surface area (TPSA) is 69.7 Å². The van der Waals surface area contributed by atoms with Gasteiger partial charge in [0, 0.05) is 38.4 Å². The Hall–Kier alpha value is -1.24. The molecule has 1 atom stereocenters. The standard InChI is InChI=1S/C11H17N3O3S/c1-8-10(16)12-3-5-14(8)9(15)2-4-13-6-7-18-11(13)17/h8H,2-7H2,1H3,(H,12,16). The number of piperazine rings is 1. The van der Waals surface area contributed by atoms with Gasteiger partial charge in [0.25, 0.3) is 5.24 Å². The fourth-order valence-electron chi connectivity index (χ4n) is 2.13. The summed E-state index contributed by atoms with van der Waals surface area (Å²) in [5.74, 6) is 0.639. The van der Waals surface area contributed by atoms with Crippen molar-refractivity contribution >= 4 is 28.8 Å². The van der Waals surface area contributed by atoms with Crippen molar-refractivity contribution in [1.82, 2.24) is 15.1 Å². The molecule has 7 heteroatoms. The van der Waals surface area contributed by atoms with Gasteiger partial charge in [-0.3, -0.25) is 14.4 Å². The van der Waals surface area contributed by atoms with Crippen LogP contribution in [0.5, 0.6) is 0 Å². The molecule has 0 radical (unpaired) electrons. The minimum atomic E-state index is -0.407. The number of hydrogen-bond donors (Lipinski definition) is 1. The number of nitrogens with zero attached hydrogens (tertiary/aromatic N) is 2. The second-order valence-electron chi connectivity index (χ2n) is 4.41. The van der Waals surface area contributed by atoms with Crippen LogP contribution >= 0.6 is 11.8 Å². The summed E-state index contributed by atoms with van der Waals surface area (Å²) < 4.78 is 0. The zero-order chi connectivity index (χ0) is 13.1. The second kappa shape index (κ2) is 5.60. The van der Waals surface area contributed by atoms with Crippen molar-refractivity contribution in [2.24, 2.45) is 0 Å². The van der Waals surface area contributed by atoms with Crippen molar-refractivity contribution < 1.29 is 14.4 Å². The van der Waals surface area contributed by atoms with E-state index in [9.17, 15) is 14.4 Å². The highest BCUT2D eigenvalue weighted by molar-refractivity contribution is 8.13. The molecule has 2 aliphatic rings. The van der Waals surface area contributed by atoms with E-state index in [-0.39, 0.29) is 17.1 Å². The van der Waals surface area contributed by atoms with Crippen LogP contribution in [0.3, 0.4) is 0 Å². The maximum absolute atomic E-state index is 12.0. The van der Waals surface area contributed by atoms with E-state index in [4.69, 9.17) is 0 Å². The van der Waals surface area contributed by atoms with E-state index in [2.05, 4.69) is 5.32 Å². The third-order valence-electron chi connectivity index (χ3n) is 3.26. The molecule has 18 heavy (non-hydrogen) atoms. The predicted octanol–water partition coefficient (Wildman–Crippen LogP) is -0.108. The molecule has 1 unspecified atom stereocenters. The van der Waals surface area contributed by atoms with Crippen molar-refractivity contribution in [1.29, 1.82) is 0 Å². The quantitative estimate of drug-likeness (QED) is 0.778. The Morgan fingerprint density at radius 2 is 2.22 bits per heavy atom. The van der Waals surface area contributed by atoms with Gasteiger partial charge in [-0.2, -0.15) is 0 Å². The molecule has 0 aromatic rings. The lowest BCUT2D eigenvalue weighted by atomic mass is 10.2. The van der Waals surface area contributed by atoms with Gasteiger partial charge in [0.15, 0.2) is 0 Å². The number of amides is 3. The monoisotopic (exact) mass is 271 g/mol. The molecule has 2 aliphatic heterocycles. The zero-order valence-corrected chi connectivity index (χ0v) is 11.2. The molecule has 6 nitrogen and oxygen atoms in total. The molecule has 2 rings (SSSR count). The van der Waals surface area contributed by atoms with E-state index in [0.29, 0.717) is 32.6 Å². The third-order valence-corrected chi connectivity index (χ3v) is 4.15. The minimum Gasteiger partial charge on any atom is -0.353 e. The third kappa shape index (κ3) is 2.77. The smallest absolute Gasteiger partial charge is 0.281 e. The number of hydrogen-bond acceptors (Lipinski definition) is 4. The van der Waals surface area contributed by atoms with Gasteiger partial charge in [-0.25, -0.2) is 0 Å². The lowest BCUT2D eigenvalue weighted by molar-refractivity contribution is -0.142. The molecule has 0 aliphatic carbocycles. The maximum atomic E-state index is 12.0. The lowest BCUT2D eigenvalue weighted by Gasteiger charge is -2.33. The SMILES string of the molecule is CC1C(=O)NCCN1C(=O)CCN1CCSC1=O. The first-order chi connectivity index (χ1) is 8.59. The number of carbonyl (C=O) groups is 3. The number of thioether (sulfide) groups is 1. The van der Waals surface area contributed by atoms with Gasteiger partial charge in [-0.15, -0.1) is 0 Å². The van der Waals surface area contributed by atoms with Gasteiger partial charge in [-0.05, 0) is 6.92 Å². The van der Waals surface area contributed by atoms with Crippen LogP contribution in [0.2, 0.25) is 0 Å². The summed E-state index contributed by atoms with van der Waals surface area (Å²) in [6, 6.07) is -0.407. The van der Waals surface area contributed by atoms with Gasteiger partial charge < -0.3 is 15.1 Å². The van der Waals surface area contributed by atoms with Crippen LogP contribution in [0.1, 0.15) is 13.3 Å². The summed E-state index contributed by atoms with van der Waals surface area (Å²) >= 11 is 1.29. The summed E-state index contributed by atoms with van der Waals surface area (Å²) in [5.41, 5.74) is 0. The molecular formula is C11H17N3O3S. The van der Waals surface area contributed by atoms with E-state index < -0.39 is 6.04 Å². The van der Waals surface area contributed by atoms with E-state index in [1.807, 2.05) is 0 Å². The van der Waals surface area contributed by atoms with Gasteiger partial charge in [0.2, 0.25) is 11.8 Å². The van der Waals surface area contributed by atoms with Crippen LogP contribution in [-0.2, 0) is 9.59 Å². The Bertz CT molecular complexity index is 375. The van der Waals surface area contributed by atoms with E-state index in [1.165, 1.54) is 11.8 Å². The summed E-state index contributed by atoms with van der Waals surface area (Å²) in [6.07, 6.45) is 0.296. The van der Waals surface area contributed by atoms with Crippen molar-refractivity contribution in [2.75, 3.05) is 31.9 Å².